The number of anilines is 2. The number of hydrogen-bond donors (Lipinski definition) is 1. The number of methoxy groups -OCH3 is 1. The van der Waals surface area contributed by atoms with Gasteiger partial charge in [-0.3, -0.25) is 0 Å². The van der Waals surface area contributed by atoms with Crippen LogP contribution in [0.4, 0.5) is 11.6 Å². The van der Waals surface area contributed by atoms with Crippen LogP contribution in [0.5, 0.6) is 0 Å². The summed E-state index contributed by atoms with van der Waals surface area (Å²) >= 11 is 7.02. The molecule has 0 saturated heterocycles. The van der Waals surface area contributed by atoms with E-state index in [9.17, 15) is 0 Å². The molecule has 1 aromatic heterocycles. The lowest BCUT2D eigenvalue weighted by atomic mass is 10.3. The minimum atomic E-state index is 0.217. The number of halogens is 2. The normalized spacial score (nSPS) is 12.4. The summed E-state index contributed by atoms with van der Waals surface area (Å²) in [7, 11) is 1.71. The maximum Gasteiger partial charge on any atom is 0.207 e. The lowest BCUT2D eigenvalue weighted by molar-refractivity contribution is 0.163. The molecule has 4 nitrogen and oxygen atoms in total. The molecule has 0 aliphatic rings. The van der Waals surface area contributed by atoms with Crippen LogP contribution in [-0.4, -0.2) is 23.3 Å². The Bertz CT molecular complexity index is 598. The maximum atomic E-state index is 5.22. The highest BCUT2D eigenvalue weighted by Gasteiger charge is 2.13. The van der Waals surface area contributed by atoms with Crippen LogP contribution >= 0.6 is 31.9 Å². The van der Waals surface area contributed by atoms with Crippen molar-refractivity contribution in [2.75, 3.05) is 19.0 Å². The smallest absolute Gasteiger partial charge is 0.207 e. The Balaban J connectivity index is 2.31. The van der Waals surface area contributed by atoms with Gasteiger partial charge in [0.25, 0.3) is 0 Å². The Morgan fingerprint density at radius 3 is 2.85 bits per heavy atom. The molecule has 1 N–H and O–H groups in total. The molecule has 0 radical (unpaired) electrons. The summed E-state index contributed by atoms with van der Waals surface area (Å²) in [6.45, 7) is 4.73. The third kappa shape index (κ3) is 3.62. The van der Waals surface area contributed by atoms with E-state index in [1.54, 1.807) is 7.11 Å². The van der Waals surface area contributed by atoms with Crippen molar-refractivity contribution < 1.29 is 4.74 Å². The zero-order valence-electron chi connectivity index (χ0n) is 11.7. The molecule has 0 aliphatic carbocycles. The zero-order valence-corrected chi connectivity index (χ0v) is 14.8. The highest BCUT2D eigenvalue weighted by molar-refractivity contribution is 9.11. The molecule has 1 atom stereocenters. The van der Waals surface area contributed by atoms with Gasteiger partial charge in [-0.15, -0.1) is 0 Å². The monoisotopic (exact) mass is 401 g/mol. The predicted octanol–water partition coefficient (Wildman–Crippen LogP) is 4.67. The number of nitrogens with zero attached hydrogens (tertiary/aromatic N) is 2. The van der Waals surface area contributed by atoms with Crippen LogP contribution in [0.2, 0.25) is 0 Å². The molecule has 0 bridgehead atoms. The number of hydrogen-bond acceptors (Lipinski definition) is 3. The Hall–Kier alpha value is -0.850. The highest BCUT2D eigenvalue weighted by atomic mass is 79.9. The quantitative estimate of drug-likeness (QED) is 0.789. The molecule has 20 heavy (non-hydrogen) atoms. The van der Waals surface area contributed by atoms with E-state index in [1.165, 1.54) is 0 Å². The van der Waals surface area contributed by atoms with Crippen molar-refractivity contribution in [1.29, 1.82) is 0 Å². The number of aromatic nitrogens is 2. The first kappa shape index (κ1) is 15.5. The summed E-state index contributed by atoms with van der Waals surface area (Å²) in [4.78, 5) is 4.54. The molecular weight excluding hydrogens is 386 g/mol. The SMILES string of the molecule is COCC(C)n1cc(C)nc1Nc1cc(Br)ccc1Br. The highest BCUT2D eigenvalue weighted by Crippen LogP contribution is 2.29. The van der Waals surface area contributed by atoms with Crippen molar-refractivity contribution in [3.63, 3.8) is 0 Å². The van der Waals surface area contributed by atoms with Gasteiger partial charge in [-0.05, 0) is 48.0 Å². The maximum absolute atomic E-state index is 5.22. The third-order valence-electron chi connectivity index (χ3n) is 2.91. The molecule has 2 rings (SSSR count). The summed E-state index contributed by atoms with van der Waals surface area (Å²) in [5.74, 6) is 0.811. The number of nitrogens with one attached hydrogen (secondary N) is 1. The van der Waals surface area contributed by atoms with Crippen LogP contribution < -0.4 is 5.32 Å². The van der Waals surface area contributed by atoms with Gasteiger partial charge in [-0.25, -0.2) is 4.98 Å². The second kappa shape index (κ2) is 6.74. The molecule has 1 heterocycles. The molecule has 0 fully saturated rings. The topological polar surface area (TPSA) is 39.1 Å². The first-order chi connectivity index (χ1) is 9.51. The molecule has 108 valence electrons. The molecule has 0 aliphatic heterocycles. The third-order valence-corrected chi connectivity index (χ3v) is 4.10. The lowest BCUT2D eigenvalue weighted by Gasteiger charge is -2.16. The Morgan fingerprint density at radius 2 is 2.15 bits per heavy atom. The van der Waals surface area contributed by atoms with Crippen LogP contribution in [0.15, 0.2) is 33.3 Å². The summed E-state index contributed by atoms with van der Waals surface area (Å²) < 4.78 is 9.32. The van der Waals surface area contributed by atoms with E-state index >= 15 is 0 Å². The number of aryl methyl sites for hydroxylation is 1. The van der Waals surface area contributed by atoms with Gasteiger partial charge in [0.2, 0.25) is 5.95 Å². The van der Waals surface area contributed by atoms with E-state index in [2.05, 4.69) is 53.7 Å². The molecule has 1 aromatic carbocycles. The fourth-order valence-corrected chi connectivity index (χ4v) is 2.69. The fourth-order valence-electron chi connectivity index (χ4n) is 1.98. The summed E-state index contributed by atoms with van der Waals surface area (Å²) in [6, 6.07) is 6.21. The van der Waals surface area contributed by atoms with Crippen molar-refractivity contribution in [2.24, 2.45) is 0 Å². The number of benzene rings is 1. The van der Waals surface area contributed by atoms with E-state index in [0.717, 1.165) is 26.3 Å². The first-order valence-electron chi connectivity index (χ1n) is 6.27. The van der Waals surface area contributed by atoms with Crippen LogP contribution in [0.3, 0.4) is 0 Å². The molecule has 0 spiro atoms. The van der Waals surface area contributed by atoms with Crippen molar-refractivity contribution in [1.82, 2.24) is 9.55 Å². The standard InChI is InChI=1S/C14H17Br2N3O/c1-9-7-19(10(2)8-20-3)14(17-9)18-13-6-11(15)4-5-12(13)16/h4-7,10H,8H2,1-3H3,(H,17,18). The van der Waals surface area contributed by atoms with Crippen LogP contribution in [-0.2, 0) is 4.74 Å². The van der Waals surface area contributed by atoms with Crippen molar-refractivity contribution in [3.05, 3.63) is 39.0 Å². The molecule has 2 aromatic rings. The lowest BCUT2D eigenvalue weighted by Crippen LogP contribution is -2.12. The van der Waals surface area contributed by atoms with Gasteiger partial charge in [-0.1, -0.05) is 15.9 Å². The van der Waals surface area contributed by atoms with Gasteiger partial charge < -0.3 is 14.6 Å². The van der Waals surface area contributed by atoms with Crippen LogP contribution in [0.25, 0.3) is 0 Å². The van der Waals surface area contributed by atoms with Gasteiger partial charge in [-0.2, -0.15) is 0 Å². The second-order valence-corrected chi connectivity index (χ2v) is 6.44. The van der Waals surface area contributed by atoms with E-state index in [-0.39, 0.29) is 6.04 Å². The number of imidazole rings is 1. The minimum Gasteiger partial charge on any atom is -0.383 e. The van der Waals surface area contributed by atoms with Crippen molar-refractivity contribution >= 4 is 43.5 Å². The summed E-state index contributed by atoms with van der Waals surface area (Å²) in [6.07, 6.45) is 2.03. The summed E-state index contributed by atoms with van der Waals surface area (Å²) in [5, 5.41) is 3.36. The van der Waals surface area contributed by atoms with E-state index in [4.69, 9.17) is 4.74 Å². The van der Waals surface area contributed by atoms with E-state index < -0.39 is 0 Å². The molecule has 0 saturated carbocycles. The van der Waals surface area contributed by atoms with Gasteiger partial charge in [0.1, 0.15) is 0 Å². The van der Waals surface area contributed by atoms with E-state index in [0.29, 0.717) is 6.61 Å². The van der Waals surface area contributed by atoms with Gasteiger partial charge in [0.05, 0.1) is 24.0 Å². The Kier molecular flexibility index (Phi) is 5.23. The first-order valence-corrected chi connectivity index (χ1v) is 7.86. The van der Waals surface area contributed by atoms with E-state index in [1.807, 2.05) is 31.3 Å². The Labute approximate surface area is 135 Å². The number of rotatable bonds is 5. The fraction of sp³-hybridized carbons (Fsp3) is 0.357. The van der Waals surface area contributed by atoms with Crippen molar-refractivity contribution in [2.45, 2.75) is 19.9 Å². The predicted molar refractivity (Wildman–Crippen MR) is 88.7 cm³/mol. The summed E-state index contributed by atoms with van der Waals surface area (Å²) in [5.41, 5.74) is 1.94. The average Bonchev–Trinajstić information content (AvgIpc) is 2.75. The molecule has 0 amide bonds. The van der Waals surface area contributed by atoms with Crippen molar-refractivity contribution in [3.8, 4) is 0 Å². The van der Waals surface area contributed by atoms with Gasteiger partial charge in [0.15, 0.2) is 0 Å². The number of ether oxygens (including phenoxy) is 1. The van der Waals surface area contributed by atoms with Gasteiger partial charge >= 0.3 is 0 Å². The molecule has 6 heteroatoms. The second-order valence-electron chi connectivity index (χ2n) is 4.67. The molecule has 1 unspecified atom stereocenters. The average molecular weight is 403 g/mol. The molecular formula is C14H17Br2N3O. The largest absolute Gasteiger partial charge is 0.383 e. The zero-order chi connectivity index (χ0) is 14.7. The van der Waals surface area contributed by atoms with Crippen LogP contribution in [0.1, 0.15) is 18.7 Å². The van der Waals surface area contributed by atoms with Gasteiger partial charge in [0, 0.05) is 22.3 Å². The Morgan fingerprint density at radius 1 is 1.40 bits per heavy atom. The van der Waals surface area contributed by atoms with Crippen LogP contribution in [0, 0.1) is 6.92 Å². The minimum absolute atomic E-state index is 0.217.